The van der Waals surface area contributed by atoms with E-state index in [1.807, 2.05) is 11.6 Å². The van der Waals surface area contributed by atoms with Crippen LogP contribution in [0.2, 0.25) is 0 Å². The maximum Gasteiger partial charge on any atom is 0.150 e. The Kier molecular flexibility index (Phi) is 2.82. The van der Waals surface area contributed by atoms with Crippen molar-refractivity contribution in [2.75, 3.05) is 17.7 Å². The molecule has 0 radical (unpaired) electrons. The van der Waals surface area contributed by atoms with Gasteiger partial charge in [0.05, 0.1) is 11.4 Å². The van der Waals surface area contributed by atoms with Gasteiger partial charge in [0.25, 0.3) is 0 Å². The highest BCUT2D eigenvalue weighted by Gasteiger charge is 2.27. The molecule has 0 unspecified atom stereocenters. The molecule has 4 heteroatoms. The molecule has 0 amide bonds. The highest BCUT2D eigenvalue weighted by atomic mass is 15.4. The summed E-state index contributed by atoms with van der Waals surface area (Å²) in [6.07, 6.45) is 3.89. The van der Waals surface area contributed by atoms with E-state index in [0.29, 0.717) is 12.1 Å². The van der Waals surface area contributed by atoms with Gasteiger partial charge in [0, 0.05) is 19.1 Å². The third-order valence-corrected chi connectivity index (χ3v) is 3.55. The van der Waals surface area contributed by atoms with Crippen molar-refractivity contribution in [1.29, 1.82) is 0 Å². The first kappa shape index (κ1) is 11.3. The van der Waals surface area contributed by atoms with Gasteiger partial charge >= 0.3 is 0 Å². The Morgan fingerprint density at radius 2 is 2.06 bits per heavy atom. The summed E-state index contributed by atoms with van der Waals surface area (Å²) < 4.78 is 2.04. The van der Waals surface area contributed by atoms with Gasteiger partial charge in [0.15, 0.2) is 5.82 Å². The van der Waals surface area contributed by atoms with Crippen molar-refractivity contribution in [3.63, 3.8) is 0 Å². The van der Waals surface area contributed by atoms with E-state index in [1.54, 1.807) is 0 Å². The van der Waals surface area contributed by atoms with Crippen LogP contribution in [0.5, 0.6) is 0 Å². The monoisotopic (exact) mass is 222 g/mol. The Balaban J connectivity index is 2.36. The van der Waals surface area contributed by atoms with Crippen molar-refractivity contribution < 1.29 is 0 Å². The first-order valence-corrected chi connectivity index (χ1v) is 6.09. The molecule has 0 aromatic carbocycles. The summed E-state index contributed by atoms with van der Waals surface area (Å²) >= 11 is 0. The number of nitrogens with two attached hydrogens (primary N) is 1. The second-order valence-corrected chi connectivity index (χ2v) is 5.06. The van der Waals surface area contributed by atoms with Crippen molar-refractivity contribution >= 4 is 11.5 Å². The molecule has 1 aromatic rings. The number of rotatable bonds is 3. The molecule has 1 saturated carbocycles. The number of nitrogen functional groups attached to an aromatic ring is 1. The lowest BCUT2D eigenvalue weighted by Gasteiger charge is -2.37. The van der Waals surface area contributed by atoms with Gasteiger partial charge in [0.2, 0.25) is 0 Å². The van der Waals surface area contributed by atoms with Crippen molar-refractivity contribution in [2.45, 2.75) is 52.1 Å². The third-order valence-electron chi connectivity index (χ3n) is 3.55. The summed E-state index contributed by atoms with van der Waals surface area (Å²) in [4.78, 5) is 2.30. The van der Waals surface area contributed by atoms with Crippen LogP contribution in [0, 0.1) is 6.92 Å². The van der Waals surface area contributed by atoms with E-state index in [4.69, 9.17) is 5.73 Å². The van der Waals surface area contributed by atoms with Gasteiger partial charge in [-0.15, -0.1) is 0 Å². The van der Waals surface area contributed by atoms with Crippen molar-refractivity contribution in [2.24, 2.45) is 0 Å². The summed E-state index contributed by atoms with van der Waals surface area (Å²) in [5, 5.41) is 4.52. The first-order valence-electron chi connectivity index (χ1n) is 6.09. The topological polar surface area (TPSA) is 47.1 Å². The normalized spacial score (nSPS) is 16.6. The minimum atomic E-state index is 0.355. The number of aromatic nitrogens is 2. The lowest BCUT2D eigenvalue weighted by Crippen LogP contribution is -2.38. The second kappa shape index (κ2) is 4.00. The van der Waals surface area contributed by atoms with Crippen LogP contribution in [-0.2, 0) is 0 Å². The standard InChI is InChI=1S/C12H22N4/c1-8(2)16-12(11(13)9(3)14-16)15(4)10-6-5-7-10/h8,10H,5-7,13H2,1-4H3. The van der Waals surface area contributed by atoms with Gasteiger partial charge in [-0.2, -0.15) is 5.10 Å². The summed E-state index contributed by atoms with van der Waals surface area (Å²) in [5.41, 5.74) is 7.91. The minimum absolute atomic E-state index is 0.355. The largest absolute Gasteiger partial charge is 0.394 e. The fraction of sp³-hybridized carbons (Fsp3) is 0.750. The van der Waals surface area contributed by atoms with E-state index in [1.165, 1.54) is 19.3 Å². The van der Waals surface area contributed by atoms with Crippen LogP contribution >= 0.6 is 0 Å². The van der Waals surface area contributed by atoms with Gasteiger partial charge in [0.1, 0.15) is 0 Å². The maximum atomic E-state index is 6.13. The van der Waals surface area contributed by atoms with Crippen LogP contribution in [0.1, 0.15) is 44.8 Å². The third kappa shape index (κ3) is 1.66. The van der Waals surface area contributed by atoms with E-state index in [2.05, 4.69) is 30.9 Å². The Bertz CT molecular complexity index is 377. The molecule has 1 heterocycles. The number of aryl methyl sites for hydroxylation is 1. The zero-order valence-electron chi connectivity index (χ0n) is 10.7. The second-order valence-electron chi connectivity index (χ2n) is 5.06. The SMILES string of the molecule is Cc1nn(C(C)C)c(N(C)C2CCC2)c1N. The maximum absolute atomic E-state index is 6.13. The van der Waals surface area contributed by atoms with E-state index in [0.717, 1.165) is 17.2 Å². The molecule has 1 aliphatic rings. The predicted octanol–water partition coefficient (Wildman–Crippen LogP) is 2.34. The highest BCUT2D eigenvalue weighted by molar-refractivity contribution is 5.66. The summed E-state index contributed by atoms with van der Waals surface area (Å²) in [5.74, 6) is 1.09. The highest BCUT2D eigenvalue weighted by Crippen LogP contribution is 2.34. The molecule has 16 heavy (non-hydrogen) atoms. The van der Waals surface area contributed by atoms with Crippen LogP contribution < -0.4 is 10.6 Å². The molecule has 4 nitrogen and oxygen atoms in total. The average molecular weight is 222 g/mol. The predicted molar refractivity (Wildman–Crippen MR) is 67.8 cm³/mol. The molecule has 0 saturated heterocycles. The lowest BCUT2D eigenvalue weighted by molar-refractivity contribution is 0.390. The van der Waals surface area contributed by atoms with Gasteiger partial charge in [-0.05, 0) is 40.0 Å². The molecule has 2 rings (SSSR count). The number of nitrogens with zero attached hydrogens (tertiary/aromatic N) is 3. The molecule has 90 valence electrons. The zero-order chi connectivity index (χ0) is 11.9. The van der Waals surface area contributed by atoms with E-state index in [-0.39, 0.29) is 0 Å². The van der Waals surface area contributed by atoms with Crippen molar-refractivity contribution in [1.82, 2.24) is 9.78 Å². The first-order chi connectivity index (χ1) is 7.52. The Morgan fingerprint density at radius 3 is 2.50 bits per heavy atom. The van der Waals surface area contributed by atoms with Crippen LogP contribution in [0.4, 0.5) is 11.5 Å². The molecule has 0 spiro atoms. The van der Waals surface area contributed by atoms with Crippen LogP contribution in [-0.4, -0.2) is 22.9 Å². The Morgan fingerprint density at radius 1 is 1.44 bits per heavy atom. The quantitative estimate of drug-likeness (QED) is 0.854. The van der Waals surface area contributed by atoms with E-state index < -0.39 is 0 Å². The molecule has 2 N–H and O–H groups in total. The van der Waals surface area contributed by atoms with Gasteiger partial charge in [-0.25, -0.2) is 4.68 Å². The van der Waals surface area contributed by atoms with Crippen LogP contribution in [0.15, 0.2) is 0 Å². The van der Waals surface area contributed by atoms with Gasteiger partial charge in [-0.3, -0.25) is 0 Å². The smallest absolute Gasteiger partial charge is 0.150 e. The van der Waals surface area contributed by atoms with E-state index >= 15 is 0 Å². The molecule has 0 bridgehead atoms. The summed E-state index contributed by atoms with van der Waals surface area (Å²) in [6.45, 7) is 6.26. The Labute approximate surface area is 97.4 Å². The molecule has 0 atom stereocenters. The fourth-order valence-electron chi connectivity index (χ4n) is 2.21. The number of hydrogen-bond acceptors (Lipinski definition) is 3. The molecular formula is C12H22N4. The molecule has 1 aliphatic carbocycles. The van der Waals surface area contributed by atoms with Gasteiger partial charge < -0.3 is 10.6 Å². The van der Waals surface area contributed by atoms with Crippen LogP contribution in [0.25, 0.3) is 0 Å². The van der Waals surface area contributed by atoms with Crippen molar-refractivity contribution in [3.8, 4) is 0 Å². The summed E-state index contributed by atoms with van der Waals surface area (Å²) in [7, 11) is 2.13. The zero-order valence-corrected chi connectivity index (χ0v) is 10.7. The molecular weight excluding hydrogens is 200 g/mol. The Hall–Kier alpha value is -1.19. The molecule has 0 aliphatic heterocycles. The fourth-order valence-corrected chi connectivity index (χ4v) is 2.21. The van der Waals surface area contributed by atoms with Gasteiger partial charge in [-0.1, -0.05) is 0 Å². The molecule has 1 aromatic heterocycles. The molecule has 1 fully saturated rings. The minimum Gasteiger partial charge on any atom is -0.394 e. The van der Waals surface area contributed by atoms with Crippen molar-refractivity contribution in [3.05, 3.63) is 5.69 Å². The number of hydrogen-bond donors (Lipinski definition) is 1. The average Bonchev–Trinajstić information content (AvgIpc) is 2.40. The lowest BCUT2D eigenvalue weighted by atomic mass is 9.92. The van der Waals surface area contributed by atoms with E-state index in [9.17, 15) is 0 Å². The summed E-state index contributed by atoms with van der Waals surface area (Å²) in [6, 6.07) is 1.00. The number of anilines is 2. The van der Waals surface area contributed by atoms with Crippen LogP contribution in [0.3, 0.4) is 0 Å².